The van der Waals surface area contributed by atoms with Crippen LogP contribution in [-0.2, 0) is 24.4 Å². The standard InChI is InChI=1S/C19H24N4O2/c1-20-19(22-13-17-7-4-10-25-17)21-12-15-5-2-6-16(11-15)14-23-9-3-8-18(23)24/h2,4-7,10-11H,3,8-9,12-14H2,1H3,(H2,20,21,22). The van der Waals surface area contributed by atoms with Gasteiger partial charge >= 0.3 is 0 Å². The molecule has 6 heteroatoms. The van der Waals surface area contributed by atoms with Crippen molar-refractivity contribution in [2.75, 3.05) is 13.6 Å². The van der Waals surface area contributed by atoms with E-state index >= 15 is 0 Å². The lowest BCUT2D eigenvalue weighted by atomic mass is 10.1. The fourth-order valence-electron chi connectivity index (χ4n) is 2.92. The molecule has 0 atom stereocenters. The number of nitrogens with zero attached hydrogens (tertiary/aromatic N) is 2. The van der Waals surface area contributed by atoms with Crippen LogP contribution in [0.15, 0.2) is 52.1 Å². The first-order valence-electron chi connectivity index (χ1n) is 8.57. The molecule has 0 saturated carbocycles. The van der Waals surface area contributed by atoms with Crippen LogP contribution in [0.5, 0.6) is 0 Å². The molecule has 2 N–H and O–H groups in total. The number of nitrogens with one attached hydrogen (secondary N) is 2. The third-order valence-electron chi connectivity index (χ3n) is 4.23. The summed E-state index contributed by atoms with van der Waals surface area (Å²) in [6.07, 6.45) is 3.31. The molecular formula is C19H24N4O2. The van der Waals surface area contributed by atoms with E-state index in [9.17, 15) is 4.79 Å². The number of carbonyl (C=O) groups excluding carboxylic acids is 1. The number of hydrogen-bond donors (Lipinski definition) is 2. The first kappa shape index (κ1) is 17.1. The molecule has 1 fully saturated rings. The second kappa shape index (κ2) is 8.37. The minimum atomic E-state index is 0.256. The van der Waals surface area contributed by atoms with Gasteiger partial charge in [-0.2, -0.15) is 0 Å². The van der Waals surface area contributed by atoms with Crippen LogP contribution in [0.25, 0.3) is 0 Å². The minimum absolute atomic E-state index is 0.256. The van der Waals surface area contributed by atoms with E-state index < -0.39 is 0 Å². The number of amides is 1. The van der Waals surface area contributed by atoms with Crippen molar-refractivity contribution in [1.29, 1.82) is 0 Å². The van der Waals surface area contributed by atoms with Gasteiger partial charge < -0.3 is 20.0 Å². The third kappa shape index (κ3) is 4.86. The number of guanidine groups is 1. The highest BCUT2D eigenvalue weighted by atomic mass is 16.3. The second-order valence-electron chi connectivity index (χ2n) is 6.10. The Bertz CT molecular complexity index is 725. The second-order valence-corrected chi connectivity index (χ2v) is 6.10. The van der Waals surface area contributed by atoms with Crippen molar-refractivity contribution in [3.05, 3.63) is 59.5 Å². The Kier molecular flexibility index (Phi) is 5.72. The Balaban J connectivity index is 1.51. The number of benzene rings is 1. The van der Waals surface area contributed by atoms with Gasteiger partial charge in [-0.05, 0) is 29.7 Å². The first-order valence-corrected chi connectivity index (χ1v) is 8.57. The van der Waals surface area contributed by atoms with Gasteiger partial charge in [0.2, 0.25) is 5.91 Å². The molecule has 1 aromatic heterocycles. The fourth-order valence-corrected chi connectivity index (χ4v) is 2.92. The van der Waals surface area contributed by atoms with Gasteiger partial charge in [0.25, 0.3) is 0 Å². The molecule has 3 rings (SSSR count). The number of likely N-dealkylation sites (tertiary alicyclic amines) is 1. The molecule has 0 aliphatic carbocycles. The van der Waals surface area contributed by atoms with Gasteiger partial charge in [0, 0.05) is 33.1 Å². The molecule has 2 heterocycles. The van der Waals surface area contributed by atoms with Gasteiger partial charge in [0.1, 0.15) is 5.76 Å². The van der Waals surface area contributed by atoms with Crippen LogP contribution in [0, 0.1) is 0 Å². The number of aliphatic imine (C=N–C) groups is 1. The Morgan fingerprint density at radius 3 is 2.76 bits per heavy atom. The van der Waals surface area contributed by atoms with Gasteiger partial charge in [0.15, 0.2) is 5.96 Å². The predicted octanol–water partition coefficient (Wildman–Crippen LogP) is 2.27. The monoisotopic (exact) mass is 340 g/mol. The van der Waals surface area contributed by atoms with E-state index in [1.807, 2.05) is 23.1 Å². The van der Waals surface area contributed by atoms with E-state index in [-0.39, 0.29) is 5.91 Å². The van der Waals surface area contributed by atoms with Crippen LogP contribution < -0.4 is 10.6 Å². The average Bonchev–Trinajstić information content (AvgIpc) is 3.28. The molecule has 0 radical (unpaired) electrons. The van der Waals surface area contributed by atoms with E-state index in [0.29, 0.717) is 26.1 Å². The first-order chi connectivity index (χ1) is 12.2. The molecule has 1 aliphatic rings. The van der Waals surface area contributed by atoms with Crippen LogP contribution in [0.3, 0.4) is 0 Å². The summed E-state index contributed by atoms with van der Waals surface area (Å²) in [4.78, 5) is 17.9. The maximum Gasteiger partial charge on any atom is 0.222 e. The SMILES string of the molecule is CN=C(NCc1cccc(CN2CCCC2=O)c1)NCc1ccco1. The van der Waals surface area contributed by atoms with Gasteiger partial charge in [-0.1, -0.05) is 24.3 Å². The summed E-state index contributed by atoms with van der Waals surface area (Å²) in [5, 5.41) is 6.51. The van der Waals surface area contributed by atoms with Crippen LogP contribution in [0.1, 0.15) is 29.7 Å². The highest BCUT2D eigenvalue weighted by Gasteiger charge is 2.19. The maximum atomic E-state index is 11.8. The molecule has 0 bridgehead atoms. The van der Waals surface area contributed by atoms with Crippen LogP contribution >= 0.6 is 0 Å². The lowest BCUT2D eigenvalue weighted by molar-refractivity contribution is -0.128. The van der Waals surface area contributed by atoms with E-state index in [1.165, 1.54) is 0 Å². The zero-order chi connectivity index (χ0) is 17.5. The van der Waals surface area contributed by atoms with E-state index in [4.69, 9.17) is 4.42 Å². The summed E-state index contributed by atoms with van der Waals surface area (Å²) in [7, 11) is 1.74. The largest absolute Gasteiger partial charge is 0.467 e. The molecule has 2 aromatic rings. The minimum Gasteiger partial charge on any atom is -0.467 e. The number of hydrogen-bond acceptors (Lipinski definition) is 3. The smallest absolute Gasteiger partial charge is 0.222 e. The van der Waals surface area contributed by atoms with Crippen LogP contribution in [-0.4, -0.2) is 30.4 Å². The Hall–Kier alpha value is -2.76. The molecular weight excluding hydrogens is 316 g/mol. The third-order valence-corrected chi connectivity index (χ3v) is 4.23. The highest BCUT2D eigenvalue weighted by Crippen LogP contribution is 2.15. The molecule has 1 aromatic carbocycles. The molecule has 6 nitrogen and oxygen atoms in total. The molecule has 0 spiro atoms. The van der Waals surface area contributed by atoms with Crippen molar-refractivity contribution in [3.8, 4) is 0 Å². The molecule has 1 saturated heterocycles. The molecule has 1 amide bonds. The van der Waals surface area contributed by atoms with Crippen molar-refractivity contribution in [1.82, 2.24) is 15.5 Å². The van der Waals surface area contributed by atoms with Gasteiger partial charge in [-0.25, -0.2) is 0 Å². The fraction of sp³-hybridized carbons (Fsp3) is 0.368. The topological polar surface area (TPSA) is 69.9 Å². The molecule has 132 valence electrons. The Morgan fingerprint density at radius 2 is 2.04 bits per heavy atom. The van der Waals surface area contributed by atoms with Crippen molar-refractivity contribution >= 4 is 11.9 Å². The molecule has 25 heavy (non-hydrogen) atoms. The molecule has 1 aliphatic heterocycles. The van der Waals surface area contributed by atoms with Crippen molar-refractivity contribution in [3.63, 3.8) is 0 Å². The maximum absolute atomic E-state index is 11.8. The summed E-state index contributed by atoms with van der Waals surface area (Å²) in [5.41, 5.74) is 2.32. The highest BCUT2D eigenvalue weighted by molar-refractivity contribution is 5.79. The molecule has 0 unspecified atom stereocenters. The summed E-state index contributed by atoms with van der Waals surface area (Å²) in [6, 6.07) is 12.1. The Morgan fingerprint density at radius 1 is 1.20 bits per heavy atom. The van der Waals surface area contributed by atoms with Crippen LogP contribution in [0.4, 0.5) is 0 Å². The van der Waals surface area contributed by atoms with E-state index in [2.05, 4.69) is 33.8 Å². The van der Waals surface area contributed by atoms with Crippen molar-refractivity contribution < 1.29 is 9.21 Å². The quantitative estimate of drug-likeness (QED) is 0.625. The lowest BCUT2D eigenvalue weighted by Crippen LogP contribution is -2.36. The van der Waals surface area contributed by atoms with Gasteiger partial charge in [-0.15, -0.1) is 0 Å². The van der Waals surface area contributed by atoms with Gasteiger partial charge in [-0.3, -0.25) is 9.79 Å². The predicted molar refractivity (Wildman–Crippen MR) is 96.8 cm³/mol. The van der Waals surface area contributed by atoms with E-state index in [0.717, 1.165) is 35.8 Å². The summed E-state index contributed by atoms with van der Waals surface area (Å²) < 4.78 is 5.30. The van der Waals surface area contributed by atoms with E-state index in [1.54, 1.807) is 13.3 Å². The zero-order valence-corrected chi connectivity index (χ0v) is 14.5. The summed E-state index contributed by atoms with van der Waals surface area (Å²) >= 11 is 0. The summed E-state index contributed by atoms with van der Waals surface area (Å²) in [5.74, 6) is 1.84. The Labute approximate surface area is 147 Å². The van der Waals surface area contributed by atoms with Crippen LogP contribution in [0.2, 0.25) is 0 Å². The lowest BCUT2D eigenvalue weighted by Gasteiger charge is -2.16. The van der Waals surface area contributed by atoms with Crippen molar-refractivity contribution in [2.24, 2.45) is 4.99 Å². The average molecular weight is 340 g/mol. The number of furan rings is 1. The number of rotatable bonds is 6. The van der Waals surface area contributed by atoms with Gasteiger partial charge in [0.05, 0.1) is 12.8 Å². The van der Waals surface area contributed by atoms with Crippen molar-refractivity contribution in [2.45, 2.75) is 32.5 Å². The summed E-state index contributed by atoms with van der Waals surface area (Å²) in [6.45, 7) is 2.81. The normalized spacial score (nSPS) is 14.8. The zero-order valence-electron chi connectivity index (χ0n) is 14.5. The number of carbonyl (C=O) groups is 1.